The third-order valence-corrected chi connectivity index (χ3v) is 6.43. The lowest BCUT2D eigenvalue weighted by Gasteiger charge is -2.43. The molecule has 0 bridgehead atoms. The van der Waals surface area contributed by atoms with E-state index in [1.54, 1.807) is 6.07 Å². The Morgan fingerprint density at radius 2 is 2.19 bits per heavy atom. The van der Waals surface area contributed by atoms with Crippen LogP contribution in [0.1, 0.15) is 40.2 Å². The molecule has 6 nitrogen and oxygen atoms in total. The molecule has 0 radical (unpaired) electrons. The largest absolute Gasteiger partial charge is 0.345 e. The Hall–Kier alpha value is -1.96. The quantitative estimate of drug-likeness (QED) is 0.637. The van der Waals surface area contributed by atoms with Gasteiger partial charge in [0.2, 0.25) is 0 Å². The van der Waals surface area contributed by atoms with Crippen molar-refractivity contribution < 1.29 is 4.79 Å². The molecule has 1 aliphatic carbocycles. The zero-order chi connectivity index (χ0) is 19.0. The second-order valence-corrected chi connectivity index (χ2v) is 8.81. The first-order chi connectivity index (χ1) is 13.0. The highest BCUT2D eigenvalue weighted by Crippen LogP contribution is 2.37. The number of H-pyrrole nitrogens is 1. The van der Waals surface area contributed by atoms with Crippen molar-refractivity contribution in [3.05, 3.63) is 50.7 Å². The number of thiazole rings is 1. The molecule has 1 aliphatic rings. The SMILES string of the molecule is Cc1sc(-c2ncn[nH]2)nc1C(=O)NC1(Cc2ccc(Cl)cc2Cl)CCC1. The molecule has 0 unspecified atom stereocenters. The Bertz CT molecular complexity index is 982. The van der Waals surface area contributed by atoms with Crippen molar-refractivity contribution in [1.29, 1.82) is 0 Å². The summed E-state index contributed by atoms with van der Waals surface area (Å²) in [6, 6.07) is 5.49. The summed E-state index contributed by atoms with van der Waals surface area (Å²) in [5, 5.41) is 11.7. The second kappa shape index (κ2) is 7.22. The number of nitrogens with zero attached hydrogens (tertiary/aromatic N) is 3. The number of rotatable bonds is 5. The number of carbonyl (C=O) groups excluding carboxylic acids is 1. The zero-order valence-corrected chi connectivity index (χ0v) is 16.9. The molecule has 1 saturated carbocycles. The van der Waals surface area contributed by atoms with Gasteiger partial charge in [0.1, 0.15) is 12.0 Å². The minimum Gasteiger partial charge on any atom is -0.345 e. The summed E-state index contributed by atoms with van der Waals surface area (Å²) in [6.07, 6.45) is 4.99. The first-order valence-electron chi connectivity index (χ1n) is 8.55. The van der Waals surface area contributed by atoms with Crippen molar-refractivity contribution in [1.82, 2.24) is 25.5 Å². The number of halogens is 2. The molecule has 3 aromatic rings. The van der Waals surface area contributed by atoms with Crippen LogP contribution < -0.4 is 5.32 Å². The van der Waals surface area contributed by atoms with Crippen molar-refractivity contribution in [3.63, 3.8) is 0 Å². The van der Waals surface area contributed by atoms with Gasteiger partial charge in [0.05, 0.1) is 0 Å². The standard InChI is InChI=1S/C18H17Cl2N5OS/c1-10-14(23-17(27-10)15-21-9-22-25-15)16(26)24-18(5-2-6-18)8-11-3-4-12(19)7-13(11)20/h3-4,7,9H,2,5-6,8H2,1H3,(H,24,26)(H,21,22,25). The lowest BCUT2D eigenvalue weighted by atomic mass is 9.72. The lowest BCUT2D eigenvalue weighted by molar-refractivity contribution is 0.0822. The van der Waals surface area contributed by atoms with Crippen LogP contribution in [0, 0.1) is 6.92 Å². The van der Waals surface area contributed by atoms with E-state index in [1.807, 2.05) is 19.1 Å². The minimum absolute atomic E-state index is 0.167. The van der Waals surface area contributed by atoms with E-state index in [-0.39, 0.29) is 11.4 Å². The van der Waals surface area contributed by atoms with Gasteiger partial charge >= 0.3 is 0 Å². The molecule has 0 saturated heterocycles. The molecule has 0 atom stereocenters. The Balaban J connectivity index is 1.54. The third-order valence-electron chi connectivity index (χ3n) is 4.86. The minimum atomic E-state index is -0.295. The topological polar surface area (TPSA) is 83.6 Å². The highest BCUT2D eigenvalue weighted by atomic mass is 35.5. The average molecular weight is 422 g/mol. The molecule has 2 aromatic heterocycles. The first-order valence-corrected chi connectivity index (χ1v) is 10.1. The van der Waals surface area contributed by atoms with Gasteiger partial charge in [0, 0.05) is 20.5 Å². The number of hydrogen-bond donors (Lipinski definition) is 2. The van der Waals surface area contributed by atoms with Gasteiger partial charge in [-0.15, -0.1) is 11.3 Å². The number of nitrogens with one attached hydrogen (secondary N) is 2. The number of carbonyl (C=O) groups is 1. The number of aromatic amines is 1. The van der Waals surface area contributed by atoms with Crippen molar-refractivity contribution in [2.45, 2.75) is 38.1 Å². The maximum Gasteiger partial charge on any atom is 0.271 e. The summed E-state index contributed by atoms with van der Waals surface area (Å²) in [5.74, 6) is 0.396. The Labute approximate surface area is 170 Å². The molecule has 1 amide bonds. The van der Waals surface area contributed by atoms with Crippen molar-refractivity contribution in [2.24, 2.45) is 0 Å². The van der Waals surface area contributed by atoms with E-state index in [9.17, 15) is 4.79 Å². The van der Waals surface area contributed by atoms with E-state index >= 15 is 0 Å². The molecule has 1 aromatic carbocycles. The number of hydrogen-bond acceptors (Lipinski definition) is 5. The van der Waals surface area contributed by atoms with Crippen LogP contribution in [0.5, 0.6) is 0 Å². The Morgan fingerprint density at radius 3 is 2.81 bits per heavy atom. The molecular formula is C18H17Cl2N5OS. The maximum absolute atomic E-state index is 12.9. The van der Waals surface area contributed by atoms with Crippen molar-refractivity contribution in [3.8, 4) is 10.8 Å². The molecule has 0 aliphatic heterocycles. The lowest BCUT2D eigenvalue weighted by Crippen LogP contribution is -2.55. The average Bonchev–Trinajstić information content (AvgIpc) is 3.24. The first kappa shape index (κ1) is 18.4. The number of benzene rings is 1. The maximum atomic E-state index is 12.9. The van der Waals surface area contributed by atoms with E-state index in [2.05, 4.69) is 25.5 Å². The predicted octanol–water partition coefficient (Wildman–Crippen LogP) is 4.44. The molecule has 4 rings (SSSR count). The molecule has 2 N–H and O–H groups in total. The fraction of sp³-hybridized carbons (Fsp3) is 0.333. The van der Waals surface area contributed by atoms with Crippen LogP contribution in [0.2, 0.25) is 10.0 Å². The summed E-state index contributed by atoms with van der Waals surface area (Å²) in [4.78, 5) is 22.3. The highest BCUT2D eigenvalue weighted by molar-refractivity contribution is 7.15. The van der Waals surface area contributed by atoms with E-state index < -0.39 is 0 Å². The second-order valence-electron chi connectivity index (χ2n) is 6.76. The summed E-state index contributed by atoms with van der Waals surface area (Å²) in [5.41, 5.74) is 1.12. The normalized spacial score (nSPS) is 15.4. The summed E-state index contributed by atoms with van der Waals surface area (Å²) in [6.45, 7) is 1.88. The smallest absolute Gasteiger partial charge is 0.271 e. The van der Waals surface area contributed by atoms with Crippen LogP contribution in [-0.2, 0) is 6.42 Å². The van der Waals surface area contributed by atoms with Crippen LogP contribution >= 0.6 is 34.5 Å². The van der Waals surface area contributed by atoms with Gasteiger partial charge in [-0.3, -0.25) is 9.89 Å². The summed E-state index contributed by atoms with van der Waals surface area (Å²) >= 11 is 13.7. The molecule has 27 heavy (non-hydrogen) atoms. The van der Waals surface area contributed by atoms with Gasteiger partial charge < -0.3 is 5.32 Å². The van der Waals surface area contributed by atoms with Gasteiger partial charge in [-0.25, -0.2) is 9.97 Å². The van der Waals surface area contributed by atoms with Gasteiger partial charge in [-0.2, -0.15) is 5.10 Å². The Kier molecular flexibility index (Phi) is 4.92. The Morgan fingerprint density at radius 1 is 1.37 bits per heavy atom. The van der Waals surface area contributed by atoms with Gasteiger partial charge in [0.25, 0.3) is 5.91 Å². The fourth-order valence-electron chi connectivity index (χ4n) is 3.30. The van der Waals surface area contributed by atoms with E-state index in [0.29, 0.717) is 33.0 Å². The number of amides is 1. The van der Waals surface area contributed by atoms with Crippen molar-refractivity contribution in [2.75, 3.05) is 0 Å². The molecular weight excluding hydrogens is 405 g/mol. The summed E-state index contributed by atoms with van der Waals surface area (Å²) < 4.78 is 0. The van der Waals surface area contributed by atoms with Crippen LogP contribution in [0.25, 0.3) is 10.8 Å². The monoisotopic (exact) mass is 421 g/mol. The molecule has 9 heteroatoms. The van der Waals surface area contributed by atoms with Crippen molar-refractivity contribution >= 4 is 40.4 Å². The van der Waals surface area contributed by atoms with Gasteiger partial charge in [0.15, 0.2) is 10.8 Å². The van der Waals surface area contributed by atoms with Gasteiger partial charge in [-0.05, 0) is 50.3 Å². The third kappa shape index (κ3) is 3.72. The highest BCUT2D eigenvalue weighted by Gasteiger charge is 2.39. The molecule has 0 spiro atoms. The van der Waals surface area contributed by atoms with Gasteiger partial charge in [-0.1, -0.05) is 29.3 Å². The van der Waals surface area contributed by atoms with Crippen LogP contribution in [0.15, 0.2) is 24.5 Å². The van der Waals surface area contributed by atoms with Crippen LogP contribution in [-0.4, -0.2) is 31.6 Å². The summed E-state index contributed by atoms with van der Waals surface area (Å²) in [7, 11) is 0. The van der Waals surface area contributed by atoms with Crippen LogP contribution in [0.4, 0.5) is 0 Å². The van der Waals surface area contributed by atoms with E-state index in [4.69, 9.17) is 23.2 Å². The van der Waals surface area contributed by atoms with E-state index in [0.717, 1.165) is 29.7 Å². The molecule has 2 heterocycles. The van der Waals surface area contributed by atoms with E-state index in [1.165, 1.54) is 17.7 Å². The molecule has 140 valence electrons. The van der Waals surface area contributed by atoms with Crippen LogP contribution in [0.3, 0.4) is 0 Å². The molecule has 1 fully saturated rings. The fourth-order valence-corrected chi connectivity index (χ4v) is 4.63. The number of aromatic nitrogens is 4. The zero-order valence-electron chi connectivity index (χ0n) is 14.6. The number of aryl methyl sites for hydroxylation is 1. The predicted molar refractivity (Wildman–Crippen MR) is 106 cm³/mol.